The van der Waals surface area contributed by atoms with Crippen LogP contribution in [0.15, 0.2) is 21.7 Å². The number of hydrogen-bond acceptors (Lipinski definition) is 3. The average Bonchev–Trinajstić information content (AvgIpc) is 2.14. The molecule has 0 unspecified atom stereocenters. The fourth-order valence-corrected chi connectivity index (χ4v) is 1.39. The molecule has 0 amide bonds. The second-order valence-corrected chi connectivity index (χ2v) is 3.12. The number of nitrogens with zero attached hydrogens (tertiary/aromatic N) is 2. The summed E-state index contributed by atoms with van der Waals surface area (Å²) >= 11 is 0. The Labute approximate surface area is 79.0 Å². The Morgan fingerprint density at radius 3 is 2.79 bits per heavy atom. The van der Waals surface area contributed by atoms with E-state index in [0.29, 0.717) is 11.3 Å². The monoisotopic (exact) mass is 191 g/mol. The quantitative estimate of drug-likeness (QED) is 0.633. The molecular formula is C9H9N3O2. The molecular weight excluding hydrogens is 182 g/mol. The molecule has 0 fully saturated rings. The minimum Gasteiger partial charge on any atom is -0.308 e. The lowest BCUT2D eigenvalue weighted by molar-refractivity contribution is 0.826. The third kappa shape index (κ3) is 1.14. The van der Waals surface area contributed by atoms with Crippen LogP contribution in [-0.2, 0) is 7.05 Å². The lowest BCUT2D eigenvalue weighted by atomic mass is 10.2. The van der Waals surface area contributed by atoms with E-state index in [-0.39, 0.29) is 11.2 Å². The van der Waals surface area contributed by atoms with Gasteiger partial charge in [-0.25, -0.2) is 4.79 Å². The summed E-state index contributed by atoms with van der Waals surface area (Å²) in [5, 5.41) is 0.784. The number of hydrogen-bond donors (Lipinski definition) is 1. The Bertz CT molecular complexity index is 609. The lowest BCUT2D eigenvalue weighted by Crippen LogP contribution is -2.23. The highest BCUT2D eigenvalue weighted by atomic mass is 16.1. The minimum atomic E-state index is -0.364. The van der Waals surface area contributed by atoms with E-state index in [9.17, 15) is 9.59 Å². The van der Waals surface area contributed by atoms with Crippen LogP contribution in [0.25, 0.3) is 11.0 Å². The maximum Gasteiger partial charge on any atom is 0.349 e. The van der Waals surface area contributed by atoms with Gasteiger partial charge in [0, 0.05) is 18.5 Å². The SMILES string of the molecule is Cc1nc(=O)n(C)c2[nH]c(=O)ccc12. The van der Waals surface area contributed by atoms with E-state index in [1.54, 1.807) is 20.0 Å². The van der Waals surface area contributed by atoms with E-state index in [0.717, 1.165) is 5.39 Å². The molecule has 0 aliphatic heterocycles. The molecule has 0 aliphatic carbocycles. The van der Waals surface area contributed by atoms with E-state index in [1.165, 1.54) is 10.6 Å². The van der Waals surface area contributed by atoms with E-state index < -0.39 is 0 Å². The Kier molecular flexibility index (Phi) is 1.73. The molecule has 1 N–H and O–H groups in total. The molecule has 0 radical (unpaired) electrons. The van der Waals surface area contributed by atoms with Gasteiger partial charge in [0.05, 0.1) is 5.69 Å². The molecule has 0 bridgehead atoms. The lowest BCUT2D eigenvalue weighted by Gasteiger charge is -2.04. The highest BCUT2D eigenvalue weighted by molar-refractivity contribution is 5.76. The molecule has 14 heavy (non-hydrogen) atoms. The van der Waals surface area contributed by atoms with Crippen LogP contribution in [0.3, 0.4) is 0 Å². The zero-order valence-electron chi connectivity index (χ0n) is 7.87. The molecule has 0 saturated heterocycles. The summed E-state index contributed by atoms with van der Waals surface area (Å²) in [5.74, 6) is 0. The molecule has 0 saturated carbocycles. The van der Waals surface area contributed by atoms with Crippen LogP contribution in [0.4, 0.5) is 0 Å². The Morgan fingerprint density at radius 2 is 2.07 bits per heavy atom. The number of nitrogens with one attached hydrogen (secondary N) is 1. The van der Waals surface area contributed by atoms with Crippen molar-refractivity contribution >= 4 is 11.0 Å². The van der Waals surface area contributed by atoms with Crippen molar-refractivity contribution < 1.29 is 0 Å². The van der Waals surface area contributed by atoms with Crippen molar-refractivity contribution in [3.05, 3.63) is 38.7 Å². The van der Waals surface area contributed by atoms with Crippen molar-refractivity contribution in [1.82, 2.24) is 14.5 Å². The standard InChI is InChI=1S/C9H9N3O2/c1-5-6-3-4-7(13)11-8(6)12(2)9(14)10-5/h3-4H,1-2H3,(H,11,13). The van der Waals surface area contributed by atoms with Crippen LogP contribution >= 0.6 is 0 Å². The maximum atomic E-state index is 11.3. The maximum absolute atomic E-state index is 11.3. The van der Waals surface area contributed by atoms with Gasteiger partial charge in [-0.1, -0.05) is 0 Å². The van der Waals surface area contributed by atoms with Crippen molar-refractivity contribution in [2.45, 2.75) is 6.92 Å². The molecule has 0 aliphatic rings. The predicted octanol–water partition coefficient (Wildman–Crippen LogP) is -0.0698. The summed E-state index contributed by atoms with van der Waals surface area (Å²) in [5.41, 5.74) is 0.546. The summed E-state index contributed by atoms with van der Waals surface area (Å²) in [7, 11) is 1.58. The molecule has 5 heteroatoms. The van der Waals surface area contributed by atoms with Gasteiger partial charge in [0.15, 0.2) is 0 Å². The van der Waals surface area contributed by atoms with Crippen LogP contribution in [-0.4, -0.2) is 14.5 Å². The van der Waals surface area contributed by atoms with E-state index in [2.05, 4.69) is 9.97 Å². The summed E-state index contributed by atoms with van der Waals surface area (Å²) < 4.78 is 1.32. The zero-order valence-corrected chi connectivity index (χ0v) is 7.87. The molecule has 2 rings (SSSR count). The average molecular weight is 191 g/mol. The van der Waals surface area contributed by atoms with Crippen molar-refractivity contribution in [3.63, 3.8) is 0 Å². The van der Waals surface area contributed by atoms with Crippen LogP contribution < -0.4 is 11.2 Å². The number of aromatic amines is 1. The number of fused-ring (bicyclic) bond motifs is 1. The highest BCUT2D eigenvalue weighted by Crippen LogP contribution is 2.08. The second-order valence-electron chi connectivity index (χ2n) is 3.12. The van der Waals surface area contributed by atoms with Gasteiger partial charge in [-0.3, -0.25) is 9.36 Å². The smallest absolute Gasteiger partial charge is 0.308 e. The van der Waals surface area contributed by atoms with Gasteiger partial charge in [-0.15, -0.1) is 0 Å². The fraction of sp³-hybridized carbons (Fsp3) is 0.222. The van der Waals surface area contributed by atoms with Gasteiger partial charge >= 0.3 is 5.69 Å². The highest BCUT2D eigenvalue weighted by Gasteiger charge is 2.04. The molecule has 5 nitrogen and oxygen atoms in total. The van der Waals surface area contributed by atoms with E-state index in [1.807, 2.05) is 0 Å². The van der Waals surface area contributed by atoms with Gasteiger partial charge in [0.2, 0.25) is 5.56 Å². The predicted molar refractivity (Wildman–Crippen MR) is 52.3 cm³/mol. The Balaban J connectivity index is 3.10. The van der Waals surface area contributed by atoms with E-state index in [4.69, 9.17) is 0 Å². The molecule has 2 aromatic heterocycles. The molecule has 2 heterocycles. The summed E-state index contributed by atoms with van der Waals surface area (Å²) in [4.78, 5) is 28.8. The third-order valence-corrected chi connectivity index (χ3v) is 2.17. The first-order valence-corrected chi connectivity index (χ1v) is 4.16. The zero-order chi connectivity index (χ0) is 10.3. The molecule has 72 valence electrons. The van der Waals surface area contributed by atoms with Crippen molar-refractivity contribution in [2.24, 2.45) is 7.05 Å². The normalized spacial score (nSPS) is 10.7. The summed E-state index contributed by atoms with van der Waals surface area (Å²) in [6, 6.07) is 3.08. The van der Waals surface area contributed by atoms with E-state index >= 15 is 0 Å². The van der Waals surface area contributed by atoms with Crippen LogP contribution in [0.2, 0.25) is 0 Å². The third-order valence-electron chi connectivity index (χ3n) is 2.17. The number of H-pyrrole nitrogens is 1. The molecule has 0 aromatic carbocycles. The molecule has 0 spiro atoms. The van der Waals surface area contributed by atoms with Crippen LogP contribution in [0.1, 0.15) is 5.69 Å². The first kappa shape index (κ1) is 8.68. The Hall–Kier alpha value is -1.91. The van der Waals surface area contributed by atoms with Crippen LogP contribution in [0.5, 0.6) is 0 Å². The van der Waals surface area contributed by atoms with Crippen molar-refractivity contribution in [3.8, 4) is 0 Å². The first-order chi connectivity index (χ1) is 6.59. The van der Waals surface area contributed by atoms with Gasteiger partial charge in [-0.05, 0) is 13.0 Å². The molecule has 0 atom stereocenters. The van der Waals surface area contributed by atoms with Gasteiger partial charge in [-0.2, -0.15) is 4.98 Å². The second kappa shape index (κ2) is 2.80. The van der Waals surface area contributed by atoms with Crippen molar-refractivity contribution in [1.29, 1.82) is 0 Å². The summed E-state index contributed by atoms with van der Waals surface area (Å²) in [6.45, 7) is 1.74. The Morgan fingerprint density at radius 1 is 1.36 bits per heavy atom. The fourth-order valence-electron chi connectivity index (χ4n) is 1.39. The first-order valence-electron chi connectivity index (χ1n) is 4.16. The van der Waals surface area contributed by atoms with Crippen molar-refractivity contribution in [2.75, 3.05) is 0 Å². The number of rotatable bonds is 0. The number of pyridine rings is 1. The van der Waals surface area contributed by atoms with Gasteiger partial charge in [0.1, 0.15) is 5.65 Å². The van der Waals surface area contributed by atoms with Gasteiger partial charge in [0.25, 0.3) is 0 Å². The molecule has 2 aromatic rings. The summed E-state index contributed by atoms with van der Waals surface area (Å²) in [6.07, 6.45) is 0. The van der Waals surface area contributed by atoms with Crippen LogP contribution in [0, 0.1) is 6.92 Å². The largest absolute Gasteiger partial charge is 0.349 e. The topological polar surface area (TPSA) is 67.8 Å². The minimum absolute atomic E-state index is 0.224. The number of aromatic nitrogens is 3. The van der Waals surface area contributed by atoms with Gasteiger partial charge < -0.3 is 4.98 Å². The number of aryl methyl sites for hydroxylation is 2.